The van der Waals surface area contributed by atoms with E-state index >= 15 is 0 Å². The van der Waals surface area contributed by atoms with E-state index in [9.17, 15) is 0 Å². The molecule has 1 aliphatic rings. The summed E-state index contributed by atoms with van der Waals surface area (Å²) in [6.07, 6.45) is 0. The summed E-state index contributed by atoms with van der Waals surface area (Å²) < 4.78 is 1.94. The number of hydrogen-bond acceptors (Lipinski definition) is 3. The van der Waals surface area contributed by atoms with E-state index < -0.39 is 0 Å². The molecule has 1 aromatic rings. The van der Waals surface area contributed by atoms with Crippen molar-refractivity contribution in [2.75, 3.05) is 12.5 Å². The van der Waals surface area contributed by atoms with E-state index in [-0.39, 0.29) is 0 Å². The normalized spacial score (nSPS) is 17.0. The van der Waals surface area contributed by atoms with Gasteiger partial charge >= 0.3 is 0 Å². The topological polar surface area (TPSA) is 33.1 Å². The van der Waals surface area contributed by atoms with Gasteiger partial charge in [-0.1, -0.05) is 0 Å². The molecule has 2 heterocycles. The summed E-state index contributed by atoms with van der Waals surface area (Å²) >= 11 is 0. The van der Waals surface area contributed by atoms with E-state index in [0.29, 0.717) is 0 Å². The molecule has 0 radical (unpaired) electrons. The van der Waals surface area contributed by atoms with Gasteiger partial charge in [-0.3, -0.25) is 0 Å². The fourth-order valence-corrected chi connectivity index (χ4v) is 1.18. The number of fused-ring (bicyclic) bond motifs is 1. The third kappa shape index (κ3) is 0.690. The average Bonchev–Trinajstić information content (AvgIpc) is 2.21. The maximum Gasteiger partial charge on any atom is 0.140 e. The molecule has 0 unspecified atom stereocenters. The summed E-state index contributed by atoms with van der Waals surface area (Å²) in [4.78, 5) is 0. The van der Waals surface area contributed by atoms with Gasteiger partial charge in [0, 0.05) is 13.1 Å². The summed E-state index contributed by atoms with van der Waals surface area (Å²) in [5.74, 6) is 1.08. The fraction of sp³-hybridized carbons (Fsp3) is 0.500. The van der Waals surface area contributed by atoms with Crippen LogP contribution < -0.4 is 5.43 Å². The predicted molar refractivity (Wildman–Crippen MR) is 38.3 cm³/mol. The molecule has 0 amide bonds. The molecule has 1 aromatic heterocycles. The van der Waals surface area contributed by atoms with Crippen LogP contribution in [0.15, 0.2) is 6.07 Å². The maximum atomic E-state index is 4.25. The van der Waals surface area contributed by atoms with Crippen molar-refractivity contribution in [2.24, 2.45) is 0 Å². The molecule has 0 atom stereocenters. The summed E-state index contributed by atoms with van der Waals surface area (Å²) in [6, 6.07) is 2.03. The Labute approximate surface area is 59.4 Å². The van der Waals surface area contributed by atoms with Crippen molar-refractivity contribution in [1.29, 1.82) is 0 Å². The first-order valence-electron chi connectivity index (χ1n) is 3.28. The Kier molecular flexibility index (Phi) is 0.990. The zero-order valence-corrected chi connectivity index (χ0v) is 6.13. The Morgan fingerprint density at radius 1 is 1.70 bits per heavy atom. The smallest absolute Gasteiger partial charge is 0.140 e. The molecular formula is C6H10N4. The highest BCUT2D eigenvalue weighted by Gasteiger charge is 2.14. The summed E-state index contributed by atoms with van der Waals surface area (Å²) in [6.45, 7) is 2.83. The van der Waals surface area contributed by atoms with Gasteiger partial charge in [-0.25, -0.2) is 9.69 Å². The predicted octanol–water partition coefficient (Wildman–Crippen LogP) is 0.421. The number of anilines is 1. The minimum atomic E-state index is 0.836. The molecule has 2 rings (SSSR count). The van der Waals surface area contributed by atoms with Gasteiger partial charge in [0.2, 0.25) is 0 Å². The van der Waals surface area contributed by atoms with Crippen molar-refractivity contribution in [2.45, 2.75) is 13.6 Å². The molecule has 54 valence electrons. The van der Waals surface area contributed by atoms with Crippen molar-refractivity contribution < 1.29 is 0 Å². The molecule has 1 aliphatic heterocycles. The minimum Gasteiger partial charge on any atom is -0.302 e. The fourth-order valence-electron chi connectivity index (χ4n) is 1.18. The van der Waals surface area contributed by atoms with E-state index in [1.54, 1.807) is 0 Å². The first-order chi connectivity index (χ1) is 4.75. The van der Waals surface area contributed by atoms with Crippen molar-refractivity contribution in [3.8, 4) is 0 Å². The number of hydrazine groups is 1. The second kappa shape index (κ2) is 1.73. The Bertz CT molecular complexity index is 229. The van der Waals surface area contributed by atoms with E-state index in [0.717, 1.165) is 18.2 Å². The lowest BCUT2D eigenvalue weighted by atomic mass is 10.5. The Morgan fingerprint density at radius 3 is 3.20 bits per heavy atom. The van der Waals surface area contributed by atoms with Crippen LogP contribution in [0.25, 0.3) is 0 Å². The van der Waals surface area contributed by atoms with Crippen molar-refractivity contribution in [3.05, 3.63) is 11.8 Å². The van der Waals surface area contributed by atoms with Crippen molar-refractivity contribution >= 4 is 5.82 Å². The first-order valence-corrected chi connectivity index (χ1v) is 3.28. The molecule has 4 nitrogen and oxygen atoms in total. The molecule has 0 spiro atoms. The quantitative estimate of drug-likeness (QED) is 0.564. The van der Waals surface area contributed by atoms with Crippen LogP contribution in [-0.2, 0) is 6.67 Å². The third-order valence-corrected chi connectivity index (χ3v) is 1.55. The van der Waals surface area contributed by atoms with Crippen molar-refractivity contribution in [3.63, 3.8) is 0 Å². The van der Waals surface area contributed by atoms with Crippen LogP contribution in [0, 0.1) is 6.92 Å². The van der Waals surface area contributed by atoms with E-state index in [1.165, 1.54) is 0 Å². The highest BCUT2D eigenvalue weighted by atomic mass is 15.6. The Hall–Kier alpha value is -1.03. The number of hydrogen-bond donors (Lipinski definition) is 1. The van der Waals surface area contributed by atoms with Crippen LogP contribution in [0.3, 0.4) is 0 Å². The van der Waals surface area contributed by atoms with Gasteiger partial charge in [-0.05, 0) is 6.92 Å². The zero-order valence-electron chi connectivity index (χ0n) is 6.13. The van der Waals surface area contributed by atoms with Gasteiger partial charge in [0.1, 0.15) is 12.5 Å². The van der Waals surface area contributed by atoms with Crippen LogP contribution in [0.2, 0.25) is 0 Å². The largest absolute Gasteiger partial charge is 0.302 e. The third-order valence-electron chi connectivity index (χ3n) is 1.55. The zero-order chi connectivity index (χ0) is 7.14. The highest BCUT2D eigenvalue weighted by molar-refractivity contribution is 5.37. The summed E-state index contributed by atoms with van der Waals surface area (Å²) in [7, 11) is 1.99. The lowest BCUT2D eigenvalue weighted by Gasteiger charge is -2.04. The van der Waals surface area contributed by atoms with Crippen LogP contribution in [-0.4, -0.2) is 21.8 Å². The molecule has 1 N–H and O–H groups in total. The highest BCUT2D eigenvalue weighted by Crippen LogP contribution is 2.15. The van der Waals surface area contributed by atoms with Gasteiger partial charge in [-0.2, -0.15) is 5.10 Å². The lowest BCUT2D eigenvalue weighted by Crippen LogP contribution is -2.18. The molecule has 0 fully saturated rings. The number of rotatable bonds is 0. The molecule has 0 aliphatic carbocycles. The molecule has 0 saturated heterocycles. The summed E-state index contributed by atoms with van der Waals surface area (Å²) in [5, 5.41) is 6.24. The number of nitrogens with one attached hydrogen (secondary N) is 1. The minimum absolute atomic E-state index is 0.836. The van der Waals surface area contributed by atoms with Crippen LogP contribution in [0.5, 0.6) is 0 Å². The standard InChI is InChI=1S/C6H10N4/c1-5-3-6-8-9(2)4-10(6)7-5/h3,8H,4H2,1-2H3. The average molecular weight is 138 g/mol. The molecule has 10 heavy (non-hydrogen) atoms. The number of nitrogens with zero attached hydrogens (tertiary/aromatic N) is 3. The maximum absolute atomic E-state index is 4.25. The van der Waals surface area contributed by atoms with Gasteiger partial charge in [0.25, 0.3) is 0 Å². The molecule has 4 heteroatoms. The summed E-state index contributed by atoms with van der Waals surface area (Å²) in [5.41, 5.74) is 4.22. The first kappa shape index (κ1) is 5.73. The number of aryl methyl sites for hydroxylation is 1. The molecule has 0 aromatic carbocycles. The van der Waals surface area contributed by atoms with Crippen LogP contribution in [0.1, 0.15) is 5.69 Å². The number of aromatic nitrogens is 2. The van der Waals surface area contributed by atoms with Crippen LogP contribution in [0.4, 0.5) is 5.82 Å². The van der Waals surface area contributed by atoms with Crippen LogP contribution >= 0.6 is 0 Å². The second-order valence-corrected chi connectivity index (χ2v) is 2.62. The van der Waals surface area contributed by atoms with Gasteiger partial charge in [-0.15, -0.1) is 0 Å². The second-order valence-electron chi connectivity index (χ2n) is 2.62. The van der Waals surface area contributed by atoms with E-state index in [1.807, 2.05) is 29.7 Å². The molecular weight excluding hydrogens is 128 g/mol. The van der Waals surface area contributed by atoms with Gasteiger partial charge < -0.3 is 5.43 Å². The lowest BCUT2D eigenvalue weighted by molar-refractivity contribution is 0.351. The van der Waals surface area contributed by atoms with E-state index in [2.05, 4.69) is 10.5 Å². The Morgan fingerprint density at radius 2 is 2.50 bits per heavy atom. The SMILES string of the molecule is Cc1cc2n(n1)CN(C)N2. The van der Waals surface area contributed by atoms with Crippen molar-refractivity contribution in [1.82, 2.24) is 14.8 Å². The molecule has 0 bridgehead atoms. The Balaban J connectivity index is 2.39. The monoisotopic (exact) mass is 138 g/mol. The molecule has 0 saturated carbocycles. The van der Waals surface area contributed by atoms with Gasteiger partial charge in [0.05, 0.1) is 5.69 Å². The van der Waals surface area contributed by atoms with Gasteiger partial charge in [0.15, 0.2) is 0 Å². The van der Waals surface area contributed by atoms with E-state index in [4.69, 9.17) is 0 Å².